The minimum Gasteiger partial charge on any atom is -0.408 e. The van der Waals surface area contributed by atoms with Crippen LogP contribution in [0, 0.1) is 0 Å². The van der Waals surface area contributed by atoms with Crippen LogP contribution in [-0.2, 0) is 0 Å². The zero-order valence-corrected chi connectivity index (χ0v) is 11.0. The van der Waals surface area contributed by atoms with Crippen LogP contribution in [0.1, 0.15) is 52.5 Å². The van der Waals surface area contributed by atoms with Crippen molar-refractivity contribution in [3.05, 3.63) is 34.7 Å². The quantitative estimate of drug-likeness (QED) is 0.842. The number of aromatic amines is 1. The maximum Gasteiger partial charge on any atom is 0.417 e. The van der Waals surface area contributed by atoms with E-state index in [1.165, 1.54) is 6.08 Å². The van der Waals surface area contributed by atoms with Gasteiger partial charge in [-0.15, -0.1) is 0 Å². The zero-order valence-electron chi connectivity index (χ0n) is 11.0. The summed E-state index contributed by atoms with van der Waals surface area (Å²) in [6.07, 6.45) is 6.17. The first-order valence-corrected chi connectivity index (χ1v) is 5.80. The van der Waals surface area contributed by atoms with Crippen LogP contribution >= 0.6 is 0 Å². The summed E-state index contributed by atoms with van der Waals surface area (Å²) in [5.74, 6) is 0.0466. The first kappa shape index (κ1) is 16.9. The molecule has 0 aliphatic heterocycles. The van der Waals surface area contributed by atoms with Crippen LogP contribution in [0.3, 0.4) is 0 Å². The minimum atomic E-state index is -0.444. The molecule has 0 unspecified atom stereocenters. The summed E-state index contributed by atoms with van der Waals surface area (Å²) in [6, 6.07) is 0. The lowest BCUT2D eigenvalue weighted by molar-refractivity contribution is 0.507. The van der Waals surface area contributed by atoms with Crippen LogP contribution in [-0.4, -0.2) is 4.98 Å². The van der Waals surface area contributed by atoms with Crippen LogP contribution in [0.2, 0.25) is 0 Å². The maximum absolute atomic E-state index is 10.7. The Bertz CT molecular complexity index is 345. The molecule has 0 spiro atoms. The largest absolute Gasteiger partial charge is 0.417 e. The van der Waals surface area contributed by atoms with E-state index in [2.05, 4.69) is 11.6 Å². The number of nitrogens with one attached hydrogen (secondary N) is 1. The predicted octanol–water partition coefficient (Wildman–Crippen LogP) is 4.09. The molecule has 0 saturated heterocycles. The fraction of sp³-hybridized carbons (Fsp3) is 0.462. The van der Waals surface area contributed by atoms with Crippen LogP contribution in [0.15, 0.2) is 21.9 Å². The highest BCUT2D eigenvalue weighted by Gasteiger charge is 2.01. The van der Waals surface area contributed by atoms with Gasteiger partial charge in [-0.05, 0) is 18.6 Å². The standard InChI is InChI=1S/C9H11NO2.2C2H6/c1-3-5-6-7-8(4-2)12-9(11)10-7;2*1-2/h4-6H,2-3H2,1H3,(H,10,11);2*1-2H3/b6-5-;;. The summed E-state index contributed by atoms with van der Waals surface area (Å²) in [4.78, 5) is 13.3. The number of allylic oxidation sites excluding steroid dienone is 1. The van der Waals surface area contributed by atoms with Gasteiger partial charge in [0.25, 0.3) is 0 Å². The third kappa shape index (κ3) is 6.06. The van der Waals surface area contributed by atoms with Gasteiger partial charge >= 0.3 is 5.76 Å². The molecule has 0 aliphatic rings. The zero-order chi connectivity index (χ0) is 13.0. The van der Waals surface area contributed by atoms with E-state index in [4.69, 9.17) is 4.42 Å². The molecule has 1 aromatic rings. The molecule has 0 amide bonds. The molecule has 1 N–H and O–H groups in total. The summed E-state index contributed by atoms with van der Waals surface area (Å²) in [5.41, 5.74) is 0.678. The second-order valence-electron chi connectivity index (χ2n) is 2.31. The summed E-state index contributed by atoms with van der Waals surface area (Å²) >= 11 is 0. The molecule has 0 aromatic carbocycles. The molecule has 1 heterocycles. The SMILES string of the molecule is C=Cc1oc(=O)[nH]c1/C=C\CC.CC.CC. The first-order valence-electron chi connectivity index (χ1n) is 5.80. The third-order valence-corrected chi connectivity index (χ3v) is 1.41. The Labute approximate surface area is 97.9 Å². The van der Waals surface area contributed by atoms with Gasteiger partial charge in [-0.3, -0.25) is 4.98 Å². The lowest BCUT2D eigenvalue weighted by Crippen LogP contribution is -1.94. The van der Waals surface area contributed by atoms with Crippen LogP contribution in [0.4, 0.5) is 0 Å². The molecular weight excluding hydrogens is 202 g/mol. The van der Waals surface area contributed by atoms with Crippen molar-refractivity contribution in [3.8, 4) is 0 Å². The minimum absolute atomic E-state index is 0.444. The van der Waals surface area contributed by atoms with Gasteiger partial charge in [0, 0.05) is 0 Å². The van der Waals surface area contributed by atoms with E-state index in [-0.39, 0.29) is 0 Å². The molecule has 0 atom stereocenters. The van der Waals surface area contributed by atoms with Gasteiger partial charge in [0.05, 0.1) is 5.69 Å². The van der Waals surface area contributed by atoms with Crippen LogP contribution in [0.5, 0.6) is 0 Å². The van der Waals surface area contributed by atoms with Crippen LogP contribution < -0.4 is 5.76 Å². The van der Waals surface area contributed by atoms with Gasteiger partial charge in [0.1, 0.15) is 0 Å². The van der Waals surface area contributed by atoms with Crippen molar-refractivity contribution in [2.24, 2.45) is 0 Å². The van der Waals surface area contributed by atoms with Gasteiger partial charge in [-0.25, -0.2) is 4.79 Å². The molecular formula is C13H23NO2. The molecule has 92 valence electrons. The van der Waals surface area contributed by atoms with Crippen LogP contribution in [0.25, 0.3) is 12.2 Å². The van der Waals surface area contributed by atoms with Crippen molar-refractivity contribution < 1.29 is 4.42 Å². The van der Waals surface area contributed by atoms with E-state index in [0.717, 1.165) is 6.42 Å². The van der Waals surface area contributed by atoms with Crippen molar-refractivity contribution in [2.75, 3.05) is 0 Å². The highest BCUT2D eigenvalue weighted by Crippen LogP contribution is 2.06. The molecule has 3 nitrogen and oxygen atoms in total. The van der Waals surface area contributed by atoms with E-state index >= 15 is 0 Å². The Kier molecular flexibility index (Phi) is 12.2. The monoisotopic (exact) mass is 225 g/mol. The molecule has 1 aromatic heterocycles. The van der Waals surface area contributed by atoms with Crippen molar-refractivity contribution in [3.63, 3.8) is 0 Å². The fourth-order valence-corrected chi connectivity index (χ4v) is 0.863. The van der Waals surface area contributed by atoms with E-state index in [1.54, 1.807) is 0 Å². The smallest absolute Gasteiger partial charge is 0.408 e. The Hall–Kier alpha value is -1.51. The van der Waals surface area contributed by atoms with Crippen molar-refractivity contribution in [2.45, 2.75) is 41.0 Å². The number of hydrogen-bond donors (Lipinski definition) is 1. The van der Waals surface area contributed by atoms with E-state index in [1.807, 2.05) is 46.8 Å². The Morgan fingerprint density at radius 2 is 1.88 bits per heavy atom. The highest BCUT2D eigenvalue weighted by atomic mass is 16.4. The van der Waals surface area contributed by atoms with Crippen molar-refractivity contribution >= 4 is 12.2 Å². The second kappa shape index (κ2) is 11.6. The molecule has 16 heavy (non-hydrogen) atoms. The highest BCUT2D eigenvalue weighted by molar-refractivity contribution is 5.56. The molecule has 0 fully saturated rings. The molecule has 1 rings (SSSR count). The number of aromatic nitrogens is 1. The van der Waals surface area contributed by atoms with Crippen molar-refractivity contribution in [1.29, 1.82) is 0 Å². The Balaban J connectivity index is 0. The lowest BCUT2D eigenvalue weighted by Gasteiger charge is -1.85. The Morgan fingerprint density at radius 3 is 2.31 bits per heavy atom. The van der Waals surface area contributed by atoms with Crippen molar-refractivity contribution in [1.82, 2.24) is 4.98 Å². The third-order valence-electron chi connectivity index (χ3n) is 1.41. The number of H-pyrrole nitrogens is 1. The number of hydrogen-bond acceptors (Lipinski definition) is 2. The maximum atomic E-state index is 10.7. The van der Waals surface area contributed by atoms with Gasteiger partial charge in [0.15, 0.2) is 5.76 Å². The summed E-state index contributed by atoms with van der Waals surface area (Å²) in [6.45, 7) is 13.5. The average molecular weight is 225 g/mol. The molecule has 0 aliphatic carbocycles. The van der Waals surface area contributed by atoms with Gasteiger partial charge in [-0.2, -0.15) is 0 Å². The van der Waals surface area contributed by atoms with Gasteiger partial charge in [-0.1, -0.05) is 47.3 Å². The topological polar surface area (TPSA) is 46.0 Å². The van der Waals surface area contributed by atoms with Gasteiger partial charge < -0.3 is 4.42 Å². The average Bonchev–Trinajstić information content (AvgIpc) is 2.72. The number of rotatable bonds is 3. The predicted molar refractivity (Wildman–Crippen MR) is 71.4 cm³/mol. The van der Waals surface area contributed by atoms with E-state index in [9.17, 15) is 4.79 Å². The summed E-state index contributed by atoms with van der Waals surface area (Å²) in [5, 5.41) is 0. The second-order valence-corrected chi connectivity index (χ2v) is 2.31. The molecule has 3 heteroatoms. The fourth-order valence-electron chi connectivity index (χ4n) is 0.863. The van der Waals surface area contributed by atoms with E-state index < -0.39 is 5.76 Å². The number of oxazole rings is 1. The molecule has 0 radical (unpaired) electrons. The normalized spacial score (nSPS) is 8.81. The Morgan fingerprint density at radius 1 is 1.31 bits per heavy atom. The molecule has 0 bridgehead atoms. The first-order chi connectivity index (χ1) is 7.77. The summed E-state index contributed by atoms with van der Waals surface area (Å²) in [7, 11) is 0. The molecule has 0 saturated carbocycles. The summed E-state index contributed by atoms with van der Waals surface area (Å²) < 4.78 is 4.78. The van der Waals surface area contributed by atoms with E-state index in [0.29, 0.717) is 11.5 Å². The van der Waals surface area contributed by atoms with Gasteiger partial charge in [0.2, 0.25) is 0 Å². The lowest BCUT2D eigenvalue weighted by atomic mass is 10.3.